The third kappa shape index (κ3) is 3.82. The second kappa shape index (κ2) is 8.87. The van der Waals surface area contributed by atoms with Gasteiger partial charge in [0.25, 0.3) is 0 Å². The maximum absolute atomic E-state index is 9.88. The Kier molecular flexibility index (Phi) is 5.34. The van der Waals surface area contributed by atoms with Crippen LogP contribution in [0, 0.1) is 0 Å². The highest BCUT2D eigenvalue weighted by atomic mass is 32.1. The van der Waals surface area contributed by atoms with Gasteiger partial charge in [0.1, 0.15) is 5.76 Å². The molecule has 0 spiro atoms. The van der Waals surface area contributed by atoms with Gasteiger partial charge < -0.3 is 15.3 Å². The lowest BCUT2D eigenvalue weighted by Gasteiger charge is -2.25. The topological polar surface area (TPSA) is 90.1 Å². The number of nitrogen functional groups attached to an aromatic ring is 1. The fraction of sp³-hybridized carbons (Fsp3) is 0.200. The van der Waals surface area contributed by atoms with Crippen molar-refractivity contribution in [2.75, 3.05) is 5.73 Å². The molecule has 6 aromatic rings. The van der Waals surface area contributed by atoms with Crippen molar-refractivity contribution < 1.29 is 9.52 Å². The highest BCUT2D eigenvalue weighted by molar-refractivity contribution is 7.23. The van der Waals surface area contributed by atoms with E-state index in [-0.39, 0.29) is 6.10 Å². The lowest BCUT2D eigenvalue weighted by molar-refractivity contribution is 0.108. The number of nitrogens with two attached hydrogens (primary N) is 1. The Bertz CT molecular complexity index is 1730. The summed E-state index contributed by atoms with van der Waals surface area (Å²) >= 11 is 1.77. The maximum Gasteiger partial charge on any atom is 0.177 e. The number of rotatable bonds is 4. The summed E-state index contributed by atoms with van der Waals surface area (Å²) in [6, 6.07) is 21.3. The zero-order chi connectivity index (χ0) is 24.9. The standard InChI is InChI=1S/C30H26N4O2S/c31-30-28-23(24(16-32-30)19-15-33-34(17-19)20-10-12-21(35)13-11-20)14-25(36-28)27-22-8-4-5-9-26(22)37-29(27)18-6-2-1-3-7-18/h1-9,14-17,20-21,35H,10-13H2,(H2,31,32). The summed E-state index contributed by atoms with van der Waals surface area (Å²) in [7, 11) is 0. The van der Waals surface area contributed by atoms with E-state index in [1.54, 1.807) is 11.3 Å². The van der Waals surface area contributed by atoms with Gasteiger partial charge in [-0.1, -0.05) is 48.5 Å². The molecule has 0 aliphatic heterocycles. The van der Waals surface area contributed by atoms with E-state index < -0.39 is 0 Å². The zero-order valence-electron chi connectivity index (χ0n) is 20.2. The normalized spacial score (nSPS) is 18.1. The van der Waals surface area contributed by atoms with Crippen LogP contribution in [0.3, 0.4) is 0 Å². The van der Waals surface area contributed by atoms with Crippen molar-refractivity contribution in [3.05, 3.63) is 79.3 Å². The van der Waals surface area contributed by atoms with Crippen LogP contribution >= 0.6 is 11.3 Å². The molecule has 0 saturated heterocycles. The lowest BCUT2D eigenvalue weighted by atomic mass is 9.93. The number of benzene rings is 2. The number of pyridine rings is 1. The Labute approximate surface area is 218 Å². The molecule has 0 bridgehead atoms. The largest absolute Gasteiger partial charge is 0.452 e. The van der Waals surface area contributed by atoms with Gasteiger partial charge in [-0.3, -0.25) is 4.68 Å². The SMILES string of the molecule is Nc1ncc(-c2cnn(C3CCC(O)CC3)c2)c2cc(-c3c(-c4ccccc4)sc4ccccc34)oc12. The van der Waals surface area contributed by atoms with Crippen LogP contribution in [-0.4, -0.2) is 26.0 Å². The van der Waals surface area contributed by atoms with E-state index in [9.17, 15) is 5.11 Å². The predicted molar refractivity (Wildman–Crippen MR) is 149 cm³/mol. The average Bonchev–Trinajstić information content (AvgIpc) is 3.67. The van der Waals surface area contributed by atoms with E-state index in [0.29, 0.717) is 17.4 Å². The number of hydrogen-bond acceptors (Lipinski definition) is 6. The summed E-state index contributed by atoms with van der Waals surface area (Å²) in [6.45, 7) is 0. The van der Waals surface area contributed by atoms with E-state index >= 15 is 0 Å². The molecule has 3 N–H and O–H groups in total. The molecule has 6 nitrogen and oxygen atoms in total. The second-order valence-electron chi connectivity index (χ2n) is 9.75. The Balaban J connectivity index is 1.37. The van der Waals surface area contributed by atoms with Crippen LogP contribution < -0.4 is 5.73 Å². The van der Waals surface area contributed by atoms with Crippen molar-refractivity contribution in [2.24, 2.45) is 0 Å². The van der Waals surface area contributed by atoms with Gasteiger partial charge in [0.2, 0.25) is 0 Å². The van der Waals surface area contributed by atoms with E-state index in [4.69, 9.17) is 10.2 Å². The first-order valence-corrected chi connectivity index (χ1v) is 13.5. The molecule has 1 saturated carbocycles. The highest BCUT2D eigenvalue weighted by Gasteiger charge is 2.24. The van der Waals surface area contributed by atoms with Crippen LogP contribution in [-0.2, 0) is 0 Å². The van der Waals surface area contributed by atoms with Crippen LogP contribution in [0.25, 0.3) is 53.9 Å². The van der Waals surface area contributed by atoms with Crippen molar-refractivity contribution >= 4 is 38.2 Å². The fourth-order valence-electron chi connectivity index (χ4n) is 5.48. The van der Waals surface area contributed by atoms with Gasteiger partial charge in [0, 0.05) is 49.4 Å². The molecular weight excluding hydrogens is 480 g/mol. The van der Waals surface area contributed by atoms with Crippen molar-refractivity contribution in [1.82, 2.24) is 14.8 Å². The molecule has 7 rings (SSSR count). The second-order valence-corrected chi connectivity index (χ2v) is 10.8. The van der Waals surface area contributed by atoms with Crippen LogP contribution in [0.15, 0.2) is 83.7 Å². The first-order chi connectivity index (χ1) is 18.2. The number of aromatic nitrogens is 3. The van der Waals surface area contributed by atoms with Crippen molar-refractivity contribution in [1.29, 1.82) is 0 Å². The van der Waals surface area contributed by atoms with Gasteiger partial charge in [0.15, 0.2) is 11.4 Å². The van der Waals surface area contributed by atoms with E-state index in [1.807, 2.05) is 23.1 Å². The molecule has 0 atom stereocenters. The molecule has 184 valence electrons. The smallest absolute Gasteiger partial charge is 0.177 e. The Morgan fingerprint density at radius 2 is 1.70 bits per heavy atom. The van der Waals surface area contributed by atoms with Gasteiger partial charge in [-0.15, -0.1) is 11.3 Å². The van der Waals surface area contributed by atoms with Crippen LogP contribution in [0.2, 0.25) is 0 Å². The maximum atomic E-state index is 9.88. The summed E-state index contributed by atoms with van der Waals surface area (Å²) in [6.07, 6.45) is 9.09. The zero-order valence-corrected chi connectivity index (χ0v) is 21.0. The number of anilines is 1. The number of thiophene rings is 1. The molecule has 1 aliphatic carbocycles. The summed E-state index contributed by atoms with van der Waals surface area (Å²) < 4.78 is 9.72. The molecule has 37 heavy (non-hydrogen) atoms. The van der Waals surface area contributed by atoms with Gasteiger partial charge in [0.05, 0.1) is 18.3 Å². The third-order valence-electron chi connectivity index (χ3n) is 7.42. The van der Waals surface area contributed by atoms with Crippen LogP contribution in [0.1, 0.15) is 31.7 Å². The third-order valence-corrected chi connectivity index (χ3v) is 8.64. The molecular formula is C30H26N4O2S. The van der Waals surface area contributed by atoms with Gasteiger partial charge >= 0.3 is 0 Å². The molecule has 7 heteroatoms. The summed E-state index contributed by atoms with van der Waals surface area (Å²) in [5.74, 6) is 1.15. The quantitative estimate of drug-likeness (QED) is 0.262. The van der Waals surface area contributed by atoms with Gasteiger partial charge in [-0.25, -0.2) is 4.98 Å². The van der Waals surface area contributed by atoms with Crippen LogP contribution in [0.4, 0.5) is 5.82 Å². The predicted octanol–water partition coefficient (Wildman–Crippen LogP) is 7.30. The molecule has 4 aromatic heterocycles. The van der Waals surface area contributed by atoms with Crippen molar-refractivity contribution in [3.63, 3.8) is 0 Å². The van der Waals surface area contributed by atoms with Crippen molar-refractivity contribution in [2.45, 2.75) is 37.8 Å². The fourth-order valence-corrected chi connectivity index (χ4v) is 6.69. The Hall–Kier alpha value is -3.94. The van der Waals surface area contributed by atoms with E-state index in [2.05, 4.69) is 70.9 Å². The Morgan fingerprint density at radius 1 is 0.919 bits per heavy atom. The van der Waals surface area contributed by atoms with Crippen molar-refractivity contribution in [3.8, 4) is 32.9 Å². The molecule has 2 aromatic carbocycles. The minimum absolute atomic E-state index is 0.189. The number of aliphatic hydroxyl groups excluding tert-OH is 1. The molecule has 0 amide bonds. The van der Waals surface area contributed by atoms with Gasteiger partial charge in [-0.2, -0.15) is 5.10 Å². The van der Waals surface area contributed by atoms with E-state index in [0.717, 1.165) is 64.5 Å². The molecule has 0 unspecified atom stereocenters. The van der Waals surface area contributed by atoms with Crippen LogP contribution in [0.5, 0.6) is 0 Å². The minimum Gasteiger partial charge on any atom is -0.452 e. The number of hydrogen-bond donors (Lipinski definition) is 2. The number of fused-ring (bicyclic) bond motifs is 2. The number of furan rings is 1. The molecule has 0 radical (unpaired) electrons. The minimum atomic E-state index is -0.189. The molecule has 1 fully saturated rings. The average molecular weight is 507 g/mol. The number of nitrogens with zero attached hydrogens (tertiary/aromatic N) is 3. The first-order valence-electron chi connectivity index (χ1n) is 12.6. The molecule has 4 heterocycles. The molecule has 1 aliphatic rings. The summed E-state index contributed by atoms with van der Waals surface area (Å²) in [5, 5.41) is 16.6. The monoisotopic (exact) mass is 506 g/mol. The van der Waals surface area contributed by atoms with Gasteiger partial charge in [-0.05, 0) is 43.4 Å². The van der Waals surface area contributed by atoms with E-state index in [1.165, 1.54) is 9.58 Å². The Morgan fingerprint density at radius 3 is 2.54 bits per heavy atom. The highest BCUT2D eigenvalue weighted by Crippen LogP contribution is 2.47. The first kappa shape index (κ1) is 22.3. The summed E-state index contributed by atoms with van der Waals surface area (Å²) in [4.78, 5) is 5.64. The lowest BCUT2D eigenvalue weighted by Crippen LogP contribution is -2.21. The number of aliphatic hydroxyl groups is 1. The summed E-state index contributed by atoms with van der Waals surface area (Å²) in [5.41, 5.74) is 11.1.